The molecule has 9 nitrogen and oxygen atoms in total. The second-order valence-corrected chi connectivity index (χ2v) is 10.3. The number of hydrogen-bond acceptors (Lipinski definition) is 6. The number of anilines is 1. The highest BCUT2D eigenvalue weighted by Crippen LogP contribution is 2.28. The number of hydrogen-bond donors (Lipinski definition) is 0. The summed E-state index contributed by atoms with van der Waals surface area (Å²) in [5.41, 5.74) is 0.748. The predicted octanol–water partition coefficient (Wildman–Crippen LogP) is 1.81. The Hall–Kier alpha value is -2.90. The van der Waals surface area contributed by atoms with Gasteiger partial charge in [0.25, 0.3) is 0 Å². The van der Waals surface area contributed by atoms with Crippen LogP contribution in [0.3, 0.4) is 0 Å². The molecule has 3 heterocycles. The van der Waals surface area contributed by atoms with Crippen LogP contribution in [0.25, 0.3) is 11.4 Å². The van der Waals surface area contributed by atoms with Gasteiger partial charge in [0.15, 0.2) is 5.82 Å². The van der Waals surface area contributed by atoms with Gasteiger partial charge in [-0.1, -0.05) is 0 Å². The zero-order valence-corrected chi connectivity index (χ0v) is 20.0. The molecule has 4 rings (SSSR count). The molecule has 2 aromatic rings. The summed E-state index contributed by atoms with van der Waals surface area (Å²) in [5, 5.41) is 8.81. The van der Waals surface area contributed by atoms with Gasteiger partial charge in [0.2, 0.25) is 21.9 Å². The van der Waals surface area contributed by atoms with Crippen LogP contribution in [0.4, 0.5) is 5.95 Å². The van der Waals surface area contributed by atoms with Crippen molar-refractivity contribution in [3.63, 3.8) is 0 Å². The molecule has 2 saturated heterocycles. The summed E-state index contributed by atoms with van der Waals surface area (Å²) in [6, 6.07) is 6.40. The number of sulfonamides is 1. The van der Waals surface area contributed by atoms with Gasteiger partial charge in [-0.25, -0.2) is 8.42 Å². The van der Waals surface area contributed by atoms with E-state index in [1.807, 2.05) is 28.2 Å². The minimum absolute atomic E-state index is 0.0632. The number of aromatic nitrogens is 3. The van der Waals surface area contributed by atoms with Crippen LogP contribution in [-0.2, 0) is 21.4 Å². The Morgan fingerprint density at radius 1 is 1.09 bits per heavy atom. The van der Waals surface area contributed by atoms with Crippen molar-refractivity contribution in [2.75, 3.05) is 37.6 Å². The van der Waals surface area contributed by atoms with Gasteiger partial charge in [-0.05, 0) is 51.0 Å². The number of piperazine rings is 1. The lowest BCUT2D eigenvalue weighted by atomic mass is 10.2. The number of terminal acetylenes is 1. The Morgan fingerprint density at radius 3 is 2.42 bits per heavy atom. The minimum atomic E-state index is -3.48. The highest BCUT2D eigenvalue weighted by Gasteiger charge is 2.34. The third-order valence-corrected chi connectivity index (χ3v) is 8.33. The molecule has 1 amide bonds. The smallest absolute Gasteiger partial charge is 0.245 e. The summed E-state index contributed by atoms with van der Waals surface area (Å²) in [6.07, 6.45) is 7.80. The van der Waals surface area contributed by atoms with Crippen LogP contribution < -0.4 is 4.90 Å². The van der Waals surface area contributed by atoms with Crippen LogP contribution in [-0.4, -0.2) is 77.1 Å². The van der Waals surface area contributed by atoms with Crippen LogP contribution in [0.1, 0.15) is 33.1 Å². The zero-order chi connectivity index (χ0) is 23.6. The Labute approximate surface area is 195 Å². The van der Waals surface area contributed by atoms with E-state index in [2.05, 4.69) is 16.1 Å². The van der Waals surface area contributed by atoms with Crippen molar-refractivity contribution in [2.24, 2.45) is 0 Å². The molecule has 0 saturated carbocycles. The van der Waals surface area contributed by atoms with E-state index in [0.717, 1.165) is 18.4 Å². The number of rotatable bonds is 7. The van der Waals surface area contributed by atoms with Crippen molar-refractivity contribution in [1.29, 1.82) is 0 Å². The molecule has 1 aromatic carbocycles. The van der Waals surface area contributed by atoms with E-state index in [1.54, 1.807) is 24.3 Å². The molecule has 0 bridgehead atoms. The molecule has 0 aliphatic carbocycles. The van der Waals surface area contributed by atoms with Gasteiger partial charge in [-0.3, -0.25) is 9.36 Å². The third kappa shape index (κ3) is 4.35. The standard InChI is InChI=1S/C23H30N6O3S/c1-4-6-15-29-21(24-25-23(29)28-17-16-26(5-2)22(30)18(28)3)19-9-11-20(12-10-19)33(31,32)27-13-7-8-14-27/h1,9-12,18H,5-8,13-17H2,2-3H3. The molecule has 33 heavy (non-hydrogen) atoms. The molecule has 2 fully saturated rings. The molecule has 2 aliphatic rings. The van der Waals surface area contributed by atoms with E-state index in [-0.39, 0.29) is 16.8 Å². The first-order valence-corrected chi connectivity index (χ1v) is 12.8. The minimum Gasteiger partial charge on any atom is -0.339 e. The highest BCUT2D eigenvalue weighted by atomic mass is 32.2. The summed E-state index contributed by atoms with van der Waals surface area (Å²) in [5.74, 6) is 3.92. The molecule has 176 valence electrons. The number of benzene rings is 1. The van der Waals surface area contributed by atoms with E-state index in [0.29, 0.717) is 57.5 Å². The van der Waals surface area contributed by atoms with Crippen molar-refractivity contribution < 1.29 is 13.2 Å². The quantitative estimate of drug-likeness (QED) is 0.573. The van der Waals surface area contributed by atoms with E-state index in [4.69, 9.17) is 6.42 Å². The summed E-state index contributed by atoms with van der Waals surface area (Å²) in [4.78, 5) is 16.8. The summed E-state index contributed by atoms with van der Waals surface area (Å²) >= 11 is 0. The molecule has 0 N–H and O–H groups in total. The summed E-state index contributed by atoms with van der Waals surface area (Å²) in [6.45, 7) is 7.44. The summed E-state index contributed by atoms with van der Waals surface area (Å²) < 4.78 is 29.2. The fourth-order valence-electron chi connectivity index (χ4n) is 4.47. The third-order valence-electron chi connectivity index (χ3n) is 6.41. The molecule has 0 radical (unpaired) electrons. The number of carbonyl (C=O) groups excluding carboxylic acids is 1. The van der Waals surface area contributed by atoms with Crippen molar-refractivity contribution >= 4 is 21.9 Å². The molecule has 1 unspecified atom stereocenters. The lowest BCUT2D eigenvalue weighted by Gasteiger charge is -2.39. The molecule has 2 aliphatic heterocycles. The van der Waals surface area contributed by atoms with E-state index < -0.39 is 10.0 Å². The lowest BCUT2D eigenvalue weighted by molar-refractivity contribution is -0.133. The molecular weight excluding hydrogens is 440 g/mol. The maximum atomic E-state index is 12.8. The number of likely N-dealkylation sites (N-methyl/N-ethyl adjacent to an activating group) is 1. The Kier molecular flexibility index (Phi) is 6.72. The van der Waals surface area contributed by atoms with Gasteiger partial charge in [0.05, 0.1) is 4.90 Å². The van der Waals surface area contributed by atoms with Crippen molar-refractivity contribution in [1.82, 2.24) is 24.0 Å². The molecular formula is C23H30N6O3S. The van der Waals surface area contributed by atoms with Gasteiger partial charge in [-0.2, -0.15) is 4.31 Å². The number of amides is 1. The second kappa shape index (κ2) is 9.53. The van der Waals surface area contributed by atoms with Crippen LogP contribution in [0.5, 0.6) is 0 Å². The maximum Gasteiger partial charge on any atom is 0.245 e. The molecule has 1 atom stereocenters. The number of carbonyl (C=O) groups is 1. The number of nitrogens with zero attached hydrogens (tertiary/aromatic N) is 6. The average Bonchev–Trinajstić information content (AvgIpc) is 3.50. The zero-order valence-electron chi connectivity index (χ0n) is 19.1. The van der Waals surface area contributed by atoms with Gasteiger partial charge in [-0.15, -0.1) is 22.5 Å². The van der Waals surface area contributed by atoms with Crippen molar-refractivity contribution in [3.8, 4) is 23.7 Å². The summed E-state index contributed by atoms with van der Waals surface area (Å²) in [7, 11) is -3.48. The SMILES string of the molecule is C#CCCn1c(-c2ccc(S(=O)(=O)N3CCCC3)cc2)nnc1N1CCN(CC)C(=O)C1C. The van der Waals surface area contributed by atoms with Gasteiger partial charge < -0.3 is 9.80 Å². The molecule has 1 aromatic heterocycles. The van der Waals surface area contributed by atoms with Crippen LogP contribution in [0, 0.1) is 12.3 Å². The molecule has 10 heteroatoms. The first kappa shape index (κ1) is 23.3. The van der Waals surface area contributed by atoms with Crippen LogP contribution in [0.15, 0.2) is 29.2 Å². The van der Waals surface area contributed by atoms with Gasteiger partial charge >= 0.3 is 0 Å². The van der Waals surface area contributed by atoms with Crippen molar-refractivity contribution in [2.45, 2.75) is 50.6 Å². The normalized spacial score (nSPS) is 19.8. The average molecular weight is 471 g/mol. The first-order valence-electron chi connectivity index (χ1n) is 11.4. The van der Waals surface area contributed by atoms with Crippen LogP contribution in [0.2, 0.25) is 0 Å². The fraction of sp³-hybridized carbons (Fsp3) is 0.522. The second-order valence-electron chi connectivity index (χ2n) is 8.35. The van der Waals surface area contributed by atoms with E-state index >= 15 is 0 Å². The Bertz CT molecular complexity index is 1150. The van der Waals surface area contributed by atoms with Crippen molar-refractivity contribution in [3.05, 3.63) is 24.3 Å². The first-order chi connectivity index (χ1) is 15.9. The topological polar surface area (TPSA) is 91.6 Å². The Balaban J connectivity index is 1.65. The Morgan fingerprint density at radius 2 is 1.79 bits per heavy atom. The highest BCUT2D eigenvalue weighted by molar-refractivity contribution is 7.89. The van der Waals surface area contributed by atoms with E-state index in [1.165, 1.54) is 4.31 Å². The predicted molar refractivity (Wildman–Crippen MR) is 126 cm³/mol. The maximum absolute atomic E-state index is 12.8. The fourth-order valence-corrected chi connectivity index (χ4v) is 5.99. The molecule has 0 spiro atoms. The lowest BCUT2D eigenvalue weighted by Crippen LogP contribution is -2.56. The van der Waals surface area contributed by atoms with Crippen LogP contribution >= 0.6 is 0 Å². The monoisotopic (exact) mass is 470 g/mol. The van der Waals surface area contributed by atoms with Gasteiger partial charge in [0.1, 0.15) is 6.04 Å². The van der Waals surface area contributed by atoms with Gasteiger partial charge in [0, 0.05) is 51.3 Å². The van der Waals surface area contributed by atoms with E-state index in [9.17, 15) is 13.2 Å². The largest absolute Gasteiger partial charge is 0.339 e.